The van der Waals surface area contributed by atoms with Gasteiger partial charge in [0.05, 0.1) is 12.0 Å². The molecular weight excluding hydrogens is 552 g/mol. The van der Waals surface area contributed by atoms with Crippen LogP contribution in [0.1, 0.15) is 51.2 Å². The number of ether oxygens (including phenoxy) is 1. The van der Waals surface area contributed by atoms with Crippen LogP contribution in [-0.2, 0) is 27.6 Å². The van der Waals surface area contributed by atoms with Crippen LogP contribution >= 0.6 is 0 Å². The molecule has 0 unspecified atom stereocenters. The lowest BCUT2D eigenvalue weighted by molar-refractivity contribution is -0.497. The maximum absolute atomic E-state index is 13.5. The molecule has 0 aliphatic rings. The first-order chi connectivity index (χ1) is 20.8. The number of H-pyrrole nitrogens is 1. The number of unbranched alkanes of at least 4 members (excludes halogenated alkanes) is 1. The molecule has 0 bridgehead atoms. The van der Waals surface area contributed by atoms with Crippen molar-refractivity contribution in [1.82, 2.24) is 30.9 Å². The van der Waals surface area contributed by atoms with Crippen LogP contribution < -0.4 is 4.74 Å². The second-order valence-corrected chi connectivity index (χ2v) is 10.4. The van der Waals surface area contributed by atoms with Gasteiger partial charge in [-0.05, 0) is 51.9 Å². The molecule has 1 atom stereocenters. The van der Waals surface area contributed by atoms with Crippen LogP contribution in [0, 0.1) is 5.92 Å². The van der Waals surface area contributed by atoms with Gasteiger partial charge in [0.2, 0.25) is 11.7 Å². The summed E-state index contributed by atoms with van der Waals surface area (Å²) in [5.74, 6) is -0.0714. The van der Waals surface area contributed by atoms with Crippen LogP contribution in [0.2, 0.25) is 0 Å². The molecule has 0 aliphatic carbocycles. The van der Waals surface area contributed by atoms with Gasteiger partial charge >= 0.3 is 5.97 Å². The van der Waals surface area contributed by atoms with E-state index in [1.165, 1.54) is 0 Å². The van der Waals surface area contributed by atoms with Crippen molar-refractivity contribution in [2.45, 2.75) is 59.2 Å². The Balaban J connectivity index is 1.54. The van der Waals surface area contributed by atoms with E-state index in [-0.39, 0.29) is 30.4 Å². The molecule has 0 saturated heterocycles. The zero-order valence-electron chi connectivity index (χ0n) is 24.4. The molecule has 12 nitrogen and oxygen atoms in total. The van der Waals surface area contributed by atoms with E-state index >= 15 is 0 Å². The molecule has 1 heterocycles. The Kier molecular flexibility index (Phi) is 11.1. The second-order valence-electron chi connectivity index (χ2n) is 10.4. The third-order valence-electron chi connectivity index (χ3n) is 6.89. The summed E-state index contributed by atoms with van der Waals surface area (Å²) in [5, 5.41) is 31.5. The first-order valence-electron chi connectivity index (χ1n) is 14.1. The lowest BCUT2D eigenvalue weighted by Gasteiger charge is -2.33. The van der Waals surface area contributed by atoms with Gasteiger partial charge in [0.15, 0.2) is 0 Å². The molecule has 3 N–H and O–H groups in total. The van der Waals surface area contributed by atoms with Crippen molar-refractivity contribution in [3.8, 4) is 28.3 Å². The van der Waals surface area contributed by atoms with Crippen molar-refractivity contribution < 1.29 is 29.6 Å². The van der Waals surface area contributed by atoms with Crippen LogP contribution in [0.15, 0.2) is 72.8 Å². The minimum Gasteiger partial charge on any atom is -0.425 e. The number of nitrogens with zero attached hydrogens (tertiary/aromatic N) is 5. The number of aromatic nitrogens is 4. The number of nitrogens with one attached hydrogen (secondary N) is 1. The number of aromatic amines is 1. The maximum atomic E-state index is 13.5. The molecular formula is C31H36N6O6. The first kappa shape index (κ1) is 31.4. The number of hydrogen-bond donors (Lipinski definition) is 3. The number of rotatable bonds is 14. The molecule has 1 aromatic heterocycles. The van der Waals surface area contributed by atoms with E-state index in [1.54, 1.807) is 29.2 Å². The average Bonchev–Trinajstić information content (AvgIpc) is 3.54. The van der Waals surface area contributed by atoms with Crippen molar-refractivity contribution in [1.29, 1.82) is 0 Å². The monoisotopic (exact) mass is 588 g/mol. The number of hydrogen-bond acceptors (Lipinski definition) is 10. The van der Waals surface area contributed by atoms with E-state index in [9.17, 15) is 9.59 Å². The smallest absolute Gasteiger partial charge is 0.334 e. The van der Waals surface area contributed by atoms with E-state index < -0.39 is 12.0 Å². The highest BCUT2D eigenvalue weighted by Crippen LogP contribution is 2.30. The Labute approximate surface area is 249 Å². The minimum atomic E-state index is -0.816. The molecule has 0 radical (unpaired) electrons. The summed E-state index contributed by atoms with van der Waals surface area (Å²) in [6, 6.07) is 21.3. The van der Waals surface area contributed by atoms with Gasteiger partial charge in [-0.15, -0.1) is 10.2 Å². The van der Waals surface area contributed by atoms with E-state index in [0.29, 0.717) is 30.0 Å². The molecule has 0 spiro atoms. The summed E-state index contributed by atoms with van der Waals surface area (Å²) in [5.41, 5.74) is 4.24. The zero-order valence-corrected chi connectivity index (χ0v) is 24.4. The highest BCUT2D eigenvalue weighted by Gasteiger charge is 2.34. The van der Waals surface area contributed by atoms with E-state index in [1.807, 2.05) is 69.3 Å². The SMILES string of the molecule is CCCCC(=O)N(Cc1ccc(-c2ccccc2-c2nn[nH]n2)cc1)[C@H](C(=O)Oc1ccc(CON(O)O)cc1)C(C)C. The van der Waals surface area contributed by atoms with Gasteiger partial charge in [-0.25, -0.2) is 9.63 Å². The highest BCUT2D eigenvalue weighted by atomic mass is 17.1. The van der Waals surface area contributed by atoms with Crippen molar-refractivity contribution in [2.24, 2.45) is 5.92 Å². The van der Waals surface area contributed by atoms with Crippen molar-refractivity contribution >= 4 is 11.9 Å². The molecule has 4 rings (SSSR count). The third kappa shape index (κ3) is 8.52. The Morgan fingerprint density at radius 1 is 0.930 bits per heavy atom. The summed E-state index contributed by atoms with van der Waals surface area (Å²) >= 11 is 0. The molecule has 3 aromatic carbocycles. The van der Waals surface area contributed by atoms with Crippen LogP contribution in [0.25, 0.3) is 22.5 Å². The summed E-state index contributed by atoms with van der Waals surface area (Å²) in [6.07, 6.45) is 1.89. The standard InChI is InChI=1S/C31H36N6O6/c1-4-5-10-28(38)36(29(21(2)3)31(39)43-25-17-13-23(14-18-25)20-42-37(40)41)19-22-11-15-24(16-12-22)26-8-6-7-9-27(26)30-32-34-35-33-30/h6-9,11-18,21,29,40-41H,4-5,10,19-20H2,1-3H3,(H,32,33,34,35)/t29-/m0/s1. The van der Waals surface area contributed by atoms with Crippen LogP contribution in [-0.4, -0.2) is 59.2 Å². The quantitative estimate of drug-likeness (QED) is 0.102. The lowest BCUT2D eigenvalue weighted by atomic mass is 9.97. The van der Waals surface area contributed by atoms with Gasteiger partial charge in [-0.3, -0.25) is 15.2 Å². The number of carbonyl (C=O) groups is 2. The van der Waals surface area contributed by atoms with Gasteiger partial charge in [-0.2, -0.15) is 5.21 Å². The topological polar surface area (TPSA) is 154 Å². The van der Waals surface area contributed by atoms with Crippen molar-refractivity contribution in [3.63, 3.8) is 0 Å². The van der Waals surface area contributed by atoms with Gasteiger partial charge in [0, 0.05) is 18.5 Å². The molecule has 226 valence electrons. The molecule has 0 aliphatic heterocycles. The lowest BCUT2D eigenvalue weighted by Crippen LogP contribution is -2.49. The Bertz CT molecular complexity index is 1460. The fraction of sp³-hybridized carbons (Fsp3) is 0.323. The van der Waals surface area contributed by atoms with Crippen LogP contribution in [0.3, 0.4) is 0 Å². The molecule has 4 aromatic rings. The molecule has 1 amide bonds. The number of tetrazole rings is 1. The fourth-order valence-electron chi connectivity index (χ4n) is 4.73. The Morgan fingerprint density at radius 2 is 1.60 bits per heavy atom. The van der Waals surface area contributed by atoms with Crippen molar-refractivity contribution in [2.75, 3.05) is 0 Å². The van der Waals surface area contributed by atoms with Crippen LogP contribution in [0.4, 0.5) is 0 Å². The Morgan fingerprint density at radius 3 is 2.21 bits per heavy atom. The fourth-order valence-corrected chi connectivity index (χ4v) is 4.73. The van der Waals surface area contributed by atoms with Crippen molar-refractivity contribution in [3.05, 3.63) is 83.9 Å². The van der Waals surface area contributed by atoms with E-state index in [0.717, 1.165) is 28.7 Å². The molecule has 12 heteroatoms. The Hall–Kier alpha value is -4.49. The van der Waals surface area contributed by atoms with Gasteiger partial charge in [0.1, 0.15) is 11.8 Å². The van der Waals surface area contributed by atoms with Gasteiger partial charge in [0.25, 0.3) is 0 Å². The number of esters is 1. The first-order valence-corrected chi connectivity index (χ1v) is 14.1. The minimum absolute atomic E-state index is 0.0863. The summed E-state index contributed by atoms with van der Waals surface area (Å²) in [7, 11) is 0. The largest absolute Gasteiger partial charge is 0.425 e. The number of amides is 1. The predicted molar refractivity (Wildman–Crippen MR) is 156 cm³/mol. The molecule has 43 heavy (non-hydrogen) atoms. The maximum Gasteiger partial charge on any atom is 0.334 e. The summed E-state index contributed by atoms with van der Waals surface area (Å²) in [4.78, 5) is 33.2. The van der Waals surface area contributed by atoms with E-state index in [2.05, 4.69) is 25.5 Å². The predicted octanol–water partition coefficient (Wildman–Crippen LogP) is 5.19. The zero-order chi connectivity index (χ0) is 30.8. The van der Waals surface area contributed by atoms with Gasteiger partial charge in [-0.1, -0.05) is 87.9 Å². The summed E-state index contributed by atoms with van der Waals surface area (Å²) < 4.78 is 5.71. The summed E-state index contributed by atoms with van der Waals surface area (Å²) in [6.45, 7) is 5.95. The number of carbonyl (C=O) groups excluding carboxylic acids is 2. The van der Waals surface area contributed by atoms with Crippen LogP contribution in [0.5, 0.6) is 5.75 Å². The normalized spacial score (nSPS) is 12.0. The van der Waals surface area contributed by atoms with E-state index in [4.69, 9.17) is 15.2 Å². The number of benzene rings is 3. The second kappa shape index (κ2) is 15.1. The molecule has 0 saturated carbocycles. The molecule has 0 fully saturated rings. The average molecular weight is 589 g/mol. The highest BCUT2D eigenvalue weighted by molar-refractivity contribution is 5.86. The third-order valence-corrected chi connectivity index (χ3v) is 6.89. The van der Waals surface area contributed by atoms with Gasteiger partial charge < -0.3 is 9.64 Å².